The summed E-state index contributed by atoms with van der Waals surface area (Å²) in [4.78, 5) is 38.7. The van der Waals surface area contributed by atoms with Gasteiger partial charge < -0.3 is 14.6 Å². The highest BCUT2D eigenvalue weighted by atomic mass is 16.3. The smallest absolute Gasteiger partial charge is 0.289 e. The van der Waals surface area contributed by atoms with E-state index in [1.807, 2.05) is 0 Å². The van der Waals surface area contributed by atoms with Crippen LogP contribution in [0.4, 0.5) is 0 Å². The molecule has 0 atom stereocenters. The molecule has 3 heterocycles. The average molecular weight is 395 g/mol. The first-order chi connectivity index (χ1) is 14.1. The number of nitrogens with one attached hydrogen (secondary N) is 1. The lowest BCUT2D eigenvalue weighted by molar-refractivity contribution is -0.122. The molecule has 9 heteroatoms. The summed E-state index contributed by atoms with van der Waals surface area (Å²) in [5.74, 6) is 0.0473. The molecule has 1 N–H and O–H groups in total. The second kappa shape index (κ2) is 8.26. The van der Waals surface area contributed by atoms with Gasteiger partial charge in [-0.3, -0.25) is 14.4 Å². The quantitative estimate of drug-likeness (QED) is 0.695. The van der Waals surface area contributed by atoms with Crippen LogP contribution >= 0.6 is 0 Å². The number of hydrogen-bond donors (Lipinski definition) is 1. The van der Waals surface area contributed by atoms with Crippen LogP contribution < -0.4 is 10.9 Å². The van der Waals surface area contributed by atoms with E-state index in [0.29, 0.717) is 42.6 Å². The molecule has 2 aromatic heterocycles. The monoisotopic (exact) mass is 395 g/mol. The summed E-state index contributed by atoms with van der Waals surface area (Å²) in [5.41, 5.74) is 0.280. The minimum atomic E-state index is -0.256. The zero-order chi connectivity index (χ0) is 20.2. The van der Waals surface area contributed by atoms with Gasteiger partial charge in [0.05, 0.1) is 18.2 Å². The Balaban J connectivity index is 1.27. The molecule has 0 spiro atoms. The van der Waals surface area contributed by atoms with Crippen molar-refractivity contribution in [2.45, 2.75) is 31.8 Å². The number of furan rings is 1. The molecule has 3 aromatic rings. The normalized spacial score (nSPS) is 14.8. The number of likely N-dealkylation sites (tertiary alicyclic amines) is 1. The standard InChI is InChI=1S/C20H21N5O4/c26-18(9-12-25-19(27)15-4-1-2-5-16(15)22-23-25)21-14-7-10-24(11-8-14)20(28)17-6-3-13-29-17/h1-6,13-14H,7-12H2,(H,21,26). The maximum absolute atomic E-state index is 12.4. The highest BCUT2D eigenvalue weighted by Crippen LogP contribution is 2.14. The highest BCUT2D eigenvalue weighted by Gasteiger charge is 2.25. The molecule has 1 saturated heterocycles. The molecular formula is C20H21N5O4. The summed E-state index contributed by atoms with van der Waals surface area (Å²) in [7, 11) is 0. The lowest BCUT2D eigenvalue weighted by Crippen LogP contribution is -2.46. The lowest BCUT2D eigenvalue weighted by Gasteiger charge is -2.31. The van der Waals surface area contributed by atoms with E-state index in [1.54, 1.807) is 41.3 Å². The topological polar surface area (TPSA) is 110 Å². The fourth-order valence-electron chi connectivity index (χ4n) is 3.46. The van der Waals surface area contributed by atoms with Crippen LogP contribution in [-0.4, -0.2) is 50.8 Å². The fraction of sp³-hybridized carbons (Fsp3) is 0.350. The molecular weight excluding hydrogens is 374 g/mol. The van der Waals surface area contributed by atoms with Crippen molar-refractivity contribution in [2.75, 3.05) is 13.1 Å². The molecule has 0 unspecified atom stereocenters. The molecule has 1 aromatic carbocycles. The van der Waals surface area contributed by atoms with Gasteiger partial charge in [0, 0.05) is 25.6 Å². The fourth-order valence-corrected chi connectivity index (χ4v) is 3.46. The third-order valence-electron chi connectivity index (χ3n) is 5.06. The van der Waals surface area contributed by atoms with Crippen LogP contribution in [0.5, 0.6) is 0 Å². The van der Waals surface area contributed by atoms with Crippen molar-refractivity contribution in [2.24, 2.45) is 0 Å². The SMILES string of the molecule is O=C(CCn1nnc2ccccc2c1=O)NC1CCN(C(=O)c2ccco2)CC1. The molecule has 0 saturated carbocycles. The van der Waals surface area contributed by atoms with Crippen LogP contribution in [0.25, 0.3) is 10.9 Å². The van der Waals surface area contributed by atoms with Crippen LogP contribution in [0.1, 0.15) is 29.8 Å². The molecule has 0 radical (unpaired) electrons. The molecule has 4 rings (SSSR count). The number of benzene rings is 1. The van der Waals surface area contributed by atoms with Crippen molar-refractivity contribution in [1.29, 1.82) is 0 Å². The van der Waals surface area contributed by atoms with Crippen molar-refractivity contribution in [3.8, 4) is 0 Å². The number of aromatic nitrogens is 3. The van der Waals surface area contributed by atoms with Crippen LogP contribution in [0, 0.1) is 0 Å². The number of rotatable bonds is 5. The van der Waals surface area contributed by atoms with Crippen molar-refractivity contribution in [1.82, 2.24) is 25.2 Å². The van der Waals surface area contributed by atoms with Gasteiger partial charge in [-0.15, -0.1) is 5.10 Å². The van der Waals surface area contributed by atoms with Gasteiger partial charge in [0.2, 0.25) is 5.91 Å². The number of aryl methyl sites for hydroxylation is 1. The predicted octanol–water partition coefficient (Wildman–Crippen LogP) is 1.20. The minimum Gasteiger partial charge on any atom is -0.459 e. The number of amides is 2. The van der Waals surface area contributed by atoms with Gasteiger partial charge in [-0.2, -0.15) is 0 Å². The number of carbonyl (C=O) groups excluding carboxylic acids is 2. The first-order valence-corrected chi connectivity index (χ1v) is 9.56. The Labute approximate surface area is 166 Å². The zero-order valence-electron chi connectivity index (χ0n) is 15.8. The van der Waals surface area contributed by atoms with E-state index >= 15 is 0 Å². The Morgan fingerprint density at radius 1 is 1.14 bits per heavy atom. The molecule has 2 amide bonds. The van der Waals surface area contributed by atoms with Gasteiger partial charge in [-0.1, -0.05) is 17.3 Å². The second-order valence-electron chi connectivity index (χ2n) is 7.00. The van der Waals surface area contributed by atoms with Crippen molar-refractivity contribution >= 4 is 22.7 Å². The second-order valence-corrected chi connectivity index (χ2v) is 7.00. The number of hydrogen-bond acceptors (Lipinski definition) is 6. The molecule has 1 aliphatic rings. The maximum Gasteiger partial charge on any atom is 0.289 e. The Morgan fingerprint density at radius 3 is 2.69 bits per heavy atom. The van der Waals surface area contributed by atoms with Crippen molar-refractivity contribution in [3.05, 3.63) is 58.8 Å². The Kier molecular flexibility index (Phi) is 5.37. The van der Waals surface area contributed by atoms with E-state index in [1.165, 1.54) is 10.9 Å². The zero-order valence-corrected chi connectivity index (χ0v) is 15.8. The van der Waals surface area contributed by atoms with E-state index in [9.17, 15) is 14.4 Å². The molecule has 0 aliphatic carbocycles. The van der Waals surface area contributed by atoms with Crippen molar-refractivity contribution in [3.63, 3.8) is 0 Å². The summed E-state index contributed by atoms with van der Waals surface area (Å²) in [5, 5.41) is 11.4. The van der Waals surface area contributed by atoms with Gasteiger partial charge in [0.25, 0.3) is 11.5 Å². The van der Waals surface area contributed by atoms with Gasteiger partial charge in [-0.05, 0) is 37.1 Å². The summed E-state index contributed by atoms with van der Waals surface area (Å²) in [6, 6.07) is 10.3. The molecule has 150 valence electrons. The Bertz CT molecular complexity index is 1070. The third kappa shape index (κ3) is 4.18. The van der Waals surface area contributed by atoms with Crippen LogP contribution in [0.3, 0.4) is 0 Å². The molecule has 29 heavy (non-hydrogen) atoms. The third-order valence-corrected chi connectivity index (χ3v) is 5.06. The largest absolute Gasteiger partial charge is 0.459 e. The van der Waals surface area contributed by atoms with Gasteiger partial charge in [-0.25, -0.2) is 4.68 Å². The Hall–Kier alpha value is -3.49. The summed E-state index contributed by atoms with van der Waals surface area (Å²) in [6.45, 7) is 1.28. The van der Waals surface area contributed by atoms with E-state index < -0.39 is 0 Å². The Morgan fingerprint density at radius 2 is 1.93 bits per heavy atom. The molecule has 1 aliphatic heterocycles. The van der Waals surface area contributed by atoms with E-state index in [0.717, 1.165) is 0 Å². The van der Waals surface area contributed by atoms with Crippen LogP contribution in [0.15, 0.2) is 51.9 Å². The minimum absolute atomic E-state index is 0.00237. The molecule has 0 bridgehead atoms. The first-order valence-electron chi connectivity index (χ1n) is 9.56. The summed E-state index contributed by atoms with van der Waals surface area (Å²) in [6.07, 6.45) is 2.96. The number of carbonyl (C=O) groups is 2. The van der Waals surface area contributed by atoms with E-state index in [-0.39, 0.29) is 36.4 Å². The highest BCUT2D eigenvalue weighted by molar-refractivity contribution is 5.91. The first kappa shape index (κ1) is 18.9. The number of piperidine rings is 1. The van der Waals surface area contributed by atoms with Gasteiger partial charge >= 0.3 is 0 Å². The van der Waals surface area contributed by atoms with Crippen LogP contribution in [0.2, 0.25) is 0 Å². The molecule has 1 fully saturated rings. The van der Waals surface area contributed by atoms with E-state index in [2.05, 4.69) is 15.6 Å². The van der Waals surface area contributed by atoms with Crippen LogP contribution in [-0.2, 0) is 11.3 Å². The number of fused-ring (bicyclic) bond motifs is 1. The summed E-state index contributed by atoms with van der Waals surface area (Å²) < 4.78 is 6.37. The number of nitrogens with zero attached hydrogens (tertiary/aromatic N) is 4. The van der Waals surface area contributed by atoms with Crippen molar-refractivity contribution < 1.29 is 14.0 Å². The predicted molar refractivity (Wildman–Crippen MR) is 104 cm³/mol. The molecule has 9 nitrogen and oxygen atoms in total. The lowest BCUT2D eigenvalue weighted by atomic mass is 10.0. The average Bonchev–Trinajstić information content (AvgIpc) is 3.28. The maximum atomic E-state index is 12.4. The van der Waals surface area contributed by atoms with Gasteiger partial charge in [0.1, 0.15) is 5.52 Å². The summed E-state index contributed by atoms with van der Waals surface area (Å²) >= 11 is 0. The van der Waals surface area contributed by atoms with Gasteiger partial charge in [0.15, 0.2) is 5.76 Å². The van der Waals surface area contributed by atoms with E-state index in [4.69, 9.17) is 4.42 Å².